The molecular weight excluding hydrogens is 370 g/mol. The van der Waals surface area contributed by atoms with Crippen molar-refractivity contribution in [1.29, 1.82) is 0 Å². The highest BCUT2D eigenvalue weighted by Crippen LogP contribution is 2.29. The number of nitrogens with zero attached hydrogens (tertiary/aromatic N) is 4. The van der Waals surface area contributed by atoms with Gasteiger partial charge in [0.15, 0.2) is 0 Å². The molecule has 8 heteroatoms. The van der Waals surface area contributed by atoms with Crippen molar-refractivity contribution < 1.29 is 9.66 Å². The number of likely N-dealkylation sites (tertiary alicyclic amines) is 1. The minimum absolute atomic E-state index is 0.0345. The van der Waals surface area contributed by atoms with Crippen LogP contribution < -0.4 is 10.1 Å². The van der Waals surface area contributed by atoms with Crippen LogP contribution in [0.4, 0.5) is 11.6 Å². The summed E-state index contributed by atoms with van der Waals surface area (Å²) in [5, 5.41) is 14.9. The van der Waals surface area contributed by atoms with Crippen molar-refractivity contribution >= 4 is 17.3 Å². The topological polar surface area (TPSA) is 84.9 Å². The fourth-order valence-corrected chi connectivity index (χ4v) is 3.98. The van der Waals surface area contributed by atoms with Crippen LogP contribution in [0.5, 0.6) is 5.75 Å². The second-order valence-corrected chi connectivity index (χ2v) is 7.24. The lowest BCUT2D eigenvalue weighted by Crippen LogP contribution is -2.37. The molecule has 1 N–H and O–H groups in total. The fourth-order valence-electron chi connectivity index (χ4n) is 3.98. The molecular formula is C21H25N5O3. The van der Waals surface area contributed by atoms with Crippen LogP contribution in [0.2, 0.25) is 0 Å². The van der Waals surface area contributed by atoms with E-state index in [-0.39, 0.29) is 16.8 Å². The molecule has 0 unspecified atom stereocenters. The van der Waals surface area contributed by atoms with Gasteiger partial charge in [-0.2, -0.15) is 9.38 Å². The molecule has 152 valence electrons. The smallest absolute Gasteiger partial charge is 0.372 e. The number of imidazole rings is 1. The fraction of sp³-hybridized carbons (Fsp3) is 0.381. The van der Waals surface area contributed by atoms with E-state index in [0.29, 0.717) is 18.0 Å². The van der Waals surface area contributed by atoms with Crippen molar-refractivity contribution in [3.8, 4) is 5.75 Å². The molecule has 1 aliphatic rings. The van der Waals surface area contributed by atoms with Crippen LogP contribution in [0, 0.1) is 10.1 Å². The second-order valence-electron chi connectivity index (χ2n) is 7.24. The third-order valence-electron chi connectivity index (χ3n) is 5.47. The summed E-state index contributed by atoms with van der Waals surface area (Å²) in [4.78, 5) is 18.2. The first kappa shape index (κ1) is 19.2. The van der Waals surface area contributed by atoms with Crippen LogP contribution in [0.25, 0.3) is 5.65 Å². The first-order chi connectivity index (χ1) is 14.2. The van der Waals surface area contributed by atoms with Crippen molar-refractivity contribution in [3.63, 3.8) is 0 Å². The van der Waals surface area contributed by atoms with Gasteiger partial charge in [-0.1, -0.05) is 24.6 Å². The minimum Gasteiger partial charge on any atom is -0.497 e. The molecule has 0 saturated carbocycles. The number of benzene rings is 1. The number of ether oxygens (including phenoxy) is 1. The molecule has 0 aliphatic carbocycles. The Hall–Kier alpha value is -3.13. The molecule has 0 bridgehead atoms. The van der Waals surface area contributed by atoms with Gasteiger partial charge < -0.3 is 20.2 Å². The van der Waals surface area contributed by atoms with E-state index in [1.807, 2.05) is 18.2 Å². The number of anilines is 1. The minimum atomic E-state index is -0.383. The summed E-state index contributed by atoms with van der Waals surface area (Å²) >= 11 is 0. The number of piperidine rings is 1. The molecule has 1 aromatic carbocycles. The Morgan fingerprint density at radius 2 is 1.93 bits per heavy atom. The van der Waals surface area contributed by atoms with E-state index in [4.69, 9.17) is 4.74 Å². The highest BCUT2D eigenvalue weighted by Gasteiger charge is 2.26. The average Bonchev–Trinajstić information content (AvgIpc) is 3.14. The van der Waals surface area contributed by atoms with Gasteiger partial charge in [-0.25, -0.2) is 0 Å². The van der Waals surface area contributed by atoms with Crippen molar-refractivity contribution in [1.82, 2.24) is 14.3 Å². The third kappa shape index (κ3) is 4.02. The Morgan fingerprint density at radius 3 is 2.62 bits per heavy atom. The number of rotatable bonds is 7. The van der Waals surface area contributed by atoms with Gasteiger partial charge in [-0.15, -0.1) is 0 Å². The molecule has 0 amide bonds. The van der Waals surface area contributed by atoms with Crippen LogP contribution in [0.3, 0.4) is 0 Å². The van der Waals surface area contributed by atoms with Crippen LogP contribution in [0.15, 0.2) is 48.7 Å². The highest BCUT2D eigenvalue weighted by atomic mass is 16.6. The number of nitrogens with one attached hydrogen (secondary N) is 1. The van der Waals surface area contributed by atoms with E-state index in [9.17, 15) is 10.1 Å². The summed E-state index contributed by atoms with van der Waals surface area (Å²) in [6.07, 6.45) is 5.25. The normalized spacial score (nSPS) is 15.9. The van der Waals surface area contributed by atoms with Crippen LogP contribution in [-0.2, 0) is 0 Å². The largest absolute Gasteiger partial charge is 0.497 e. The van der Waals surface area contributed by atoms with Gasteiger partial charge in [0.05, 0.1) is 19.3 Å². The van der Waals surface area contributed by atoms with Crippen molar-refractivity contribution in [2.24, 2.45) is 0 Å². The van der Waals surface area contributed by atoms with Gasteiger partial charge in [-0.3, -0.25) is 4.90 Å². The molecule has 0 radical (unpaired) electrons. The van der Waals surface area contributed by atoms with Crippen LogP contribution >= 0.6 is 0 Å². The Bertz CT molecular complexity index is 980. The lowest BCUT2D eigenvalue weighted by molar-refractivity contribution is -0.389. The molecule has 3 heterocycles. The molecule has 1 fully saturated rings. The summed E-state index contributed by atoms with van der Waals surface area (Å²) in [5.74, 6) is 1.08. The molecule has 4 rings (SSSR count). The lowest BCUT2D eigenvalue weighted by Gasteiger charge is -2.35. The number of hydrogen-bond donors (Lipinski definition) is 1. The predicted octanol–water partition coefficient (Wildman–Crippen LogP) is 3.89. The maximum Gasteiger partial charge on any atom is 0.372 e. The summed E-state index contributed by atoms with van der Waals surface area (Å²) in [6.45, 7) is 2.58. The van der Waals surface area contributed by atoms with Gasteiger partial charge in [0.25, 0.3) is 0 Å². The molecule has 1 saturated heterocycles. The van der Waals surface area contributed by atoms with Gasteiger partial charge in [0, 0.05) is 12.6 Å². The predicted molar refractivity (Wildman–Crippen MR) is 111 cm³/mol. The Morgan fingerprint density at radius 1 is 1.17 bits per heavy atom. The SMILES string of the molecule is COc1ccc([C@@H](CNc2nc3ccccn3c2[N+](=O)[O-])N2CCCCC2)cc1. The van der Waals surface area contributed by atoms with Gasteiger partial charge >= 0.3 is 5.82 Å². The molecule has 8 nitrogen and oxygen atoms in total. The molecule has 1 aliphatic heterocycles. The van der Waals surface area contributed by atoms with Crippen molar-refractivity contribution in [3.05, 3.63) is 64.3 Å². The van der Waals surface area contributed by atoms with E-state index < -0.39 is 0 Å². The van der Waals surface area contributed by atoms with Gasteiger partial charge in [-0.05, 0) is 54.6 Å². The Balaban J connectivity index is 1.61. The van der Waals surface area contributed by atoms with E-state index in [1.165, 1.54) is 23.7 Å². The summed E-state index contributed by atoms with van der Waals surface area (Å²) < 4.78 is 6.79. The lowest BCUT2D eigenvalue weighted by atomic mass is 10.0. The highest BCUT2D eigenvalue weighted by molar-refractivity contribution is 5.62. The van der Waals surface area contributed by atoms with Gasteiger partial charge in [0.2, 0.25) is 11.5 Å². The van der Waals surface area contributed by atoms with Crippen molar-refractivity contribution in [2.75, 3.05) is 32.1 Å². The standard InChI is InChI=1S/C21H25N5O3/c1-29-17-10-8-16(9-11-17)18(24-12-4-2-5-13-24)15-22-20-21(26(27)28)25-14-6-3-7-19(25)23-20/h3,6-11,14,18,22H,2,4-5,12-13,15H2,1H3/t18-/m1/s1. The van der Waals surface area contributed by atoms with Crippen LogP contribution in [0.1, 0.15) is 30.9 Å². The number of fused-ring (bicyclic) bond motifs is 1. The zero-order valence-electron chi connectivity index (χ0n) is 16.5. The number of nitro groups is 1. The average molecular weight is 395 g/mol. The van der Waals surface area contributed by atoms with E-state index in [0.717, 1.165) is 24.4 Å². The number of hydrogen-bond acceptors (Lipinski definition) is 6. The Kier molecular flexibility index (Phi) is 5.62. The first-order valence-corrected chi connectivity index (χ1v) is 9.90. The molecule has 3 aromatic rings. The first-order valence-electron chi connectivity index (χ1n) is 9.90. The summed E-state index contributed by atoms with van der Waals surface area (Å²) in [6, 6.07) is 13.5. The number of methoxy groups -OCH3 is 1. The Labute approximate surface area is 169 Å². The zero-order valence-corrected chi connectivity index (χ0v) is 16.5. The summed E-state index contributed by atoms with van der Waals surface area (Å²) in [5.41, 5.74) is 1.72. The molecule has 2 aromatic heterocycles. The summed E-state index contributed by atoms with van der Waals surface area (Å²) in [7, 11) is 1.65. The quantitative estimate of drug-likeness (QED) is 0.483. The maximum atomic E-state index is 11.7. The molecule has 29 heavy (non-hydrogen) atoms. The van der Waals surface area contributed by atoms with E-state index >= 15 is 0 Å². The second kappa shape index (κ2) is 8.48. The molecule has 1 atom stereocenters. The zero-order chi connectivity index (χ0) is 20.2. The number of aromatic nitrogens is 2. The maximum absolute atomic E-state index is 11.7. The van der Waals surface area contributed by atoms with Gasteiger partial charge in [0.1, 0.15) is 5.75 Å². The third-order valence-corrected chi connectivity index (χ3v) is 5.47. The van der Waals surface area contributed by atoms with Crippen molar-refractivity contribution in [2.45, 2.75) is 25.3 Å². The van der Waals surface area contributed by atoms with E-state index in [1.54, 1.807) is 25.4 Å². The van der Waals surface area contributed by atoms with Crippen LogP contribution in [-0.4, -0.2) is 46.0 Å². The monoisotopic (exact) mass is 395 g/mol. The number of pyridine rings is 1. The van der Waals surface area contributed by atoms with E-state index in [2.05, 4.69) is 27.3 Å². The molecule has 0 spiro atoms.